The third kappa shape index (κ3) is 3.16. The van der Waals surface area contributed by atoms with Crippen LogP contribution in [0.2, 0.25) is 0 Å². The Kier molecular flexibility index (Phi) is 5.33. The lowest BCUT2D eigenvalue weighted by Crippen LogP contribution is -2.26. The van der Waals surface area contributed by atoms with E-state index >= 15 is 0 Å². The largest absolute Gasteiger partial charge is 0.497 e. The van der Waals surface area contributed by atoms with E-state index in [4.69, 9.17) is 9.47 Å². The molecule has 3 nitrogen and oxygen atoms in total. The number of Topliss-reactive ketones (excluding diaryl/α,β-unsaturated/α-hetero) is 1. The summed E-state index contributed by atoms with van der Waals surface area (Å²) in [4.78, 5) is 12.2. The smallest absolute Gasteiger partial charge is 0.160 e. The van der Waals surface area contributed by atoms with Gasteiger partial charge in [-0.25, -0.2) is 0 Å². The predicted molar refractivity (Wildman–Crippen MR) is 97.5 cm³/mol. The van der Waals surface area contributed by atoms with Gasteiger partial charge in [-0.1, -0.05) is 26.0 Å². The van der Waals surface area contributed by atoms with Crippen LogP contribution in [0.3, 0.4) is 0 Å². The number of carbonyl (C=O) groups is 1. The molecule has 128 valence electrons. The molecule has 1 atom stereocenters. The fourth-order valence-electron chi connectivity index (χ4n) is 3.33. The minimum Gasteiger partial charge on any atom is -0.497 e. The van der Waals surface area contributed by atoms with Crippen molar-refractivity contribution in [3.8, 4) is 11.5 Å². The molecule has 0 N–H and O–H groups in total. The Balaban J connectivity index is 2.68. The lowest BCUT2D eigenvalue weighted by Gasteiger charge is -2.33. The first kappa shape index (κ1) is 18.1. The van der Waals surface area contributed by atoms with E-state index in [-0.39, 0.29) is 11.2 Å². The summed E-state index contributed by atoms with van der Waals surface area (Å²) in [5.74, 6) is 1.60. The van der Waals surface area contributed by atoms with Gasteiger partial charge in [0.25, 0.3) is 0 Å². The van der Waals surface area contributed by atoms with Crippen molar-refractivity contribution in [1.29, 1.82) is 0 Å². The van der Waals surface area contributed by atoms with Crippen molar-refractivity contribution < 1.29 is 14.3 Å². The molecule has 24 heavy (non-hydrogen) atoms. The summed E-state index contributed by atoms with van der Waals surface area (Å²) in [7, 11) is 3.29. The Bertz CT molecular complexity index is 749. The topological polar surface area (TPSA) is 35.5 Å². The van der Waals surface area contributed by atoms with E-state index in [1.807, 2.05) is 30.3 Å². The minimum absolute atomic E-state index is 0.0507. The normalized spacial score (nSPS) is 13.2. The van der Waals surface area contributed by atoms with E-state index in [0.717, 1.165) is 23.3 Å². The number of hydrogen-bond donors (Lipinski definition) is 0. The standard InChI is InChI=1S/C21H26O3/c1-7-21(4,19-10-8-16(23-5)12-14(19)2)20-11-9-17(24-6)13-18(20)15(3)22/h8-13H,7H2,1-6H3. The van der Waals surface area contributed by atoms with Gasteiger partial charge >= 0.3 is 0 Å². The number of benzene rings is 2. The molecule has 3 heteroatoms. The van der Waals surface area contributed by atoms with Crippen molar-refractivity contribution in [2.45, 2.75) is 39.5 Å². The molecule has 2 rings (SSSR count). The molecular formula is C21H26O3. The maximum absolute atomic E-state index is 12.2. The Morgan fingerprint density at radius 2 is 1.54 bits per heavy atom. The zero-order valence-electron chi connectivity index (χ0n) is 15.4. The fourth-order valence-corrected chi connectivity index (χ4v) is 3.33. The number of ketones is 1. The highest BCUT2D eigenvalue weighted by molar-refractivity contribution is 5.96. The van der Waals surface area contributed by atoms with Crippen molar-refractivity contribution in [3.63, 3.8) is 0 Å². The van der Waals surface area contributed by atoms with Crippen LogP contribution in [-0.2, 0) is 5.41 Å². The van der Waals surface area contributed by atoms with Crippen LogP contribution in [0, 0.1) is 6.92 Å². The molecule has 0 radical (unpaired) electrons. The van der Waals surface area contributed by atoms with Crippen molar-refractivity contribution in [3.05, 3.63) is 58.7 Å². The molecular weight excluding hydrogens is 300 g/mol. The monoisotopic (exact) mass is 326 g/mol. The second kappa shape index (κ2) is 7.08. The third-order valence-corrected chi connectivity index (χ3v) is 4.94. The van der Waals surface area contributed by atoms with Gasteiger partial charge in [0.05, 0.1) is 14.2 Å². The first-order valence-corrected chi connectivity index (χ1v) is 8.22. The Morgan fingerprint density at radius 3 is 2.00 bits per heavy atom. The van der Waals surface area contributed by atoms with Crippen LogP contribution in [0.1, 0.15) is 54.2 Å². The van der Waals surface area contributed by atoms with Gasteiger partial charge in [0.2, 0.25) is 0 Å². The molecule has 2 aromatic carbocycles. The van der Waals surface area contributed by atoms with E-state index in [9.17, 15) is 4.79 Å². The first-order valence-electron chi connectivity index (χ1n) is 8.22. The quantitative estimate of drug-likeness (QED) is 0.706. The summed E-state index contributed by atoms with van der Waals surface area (Å²) >= 11 is 0. The molecule has 0 aliphatic heterocycles. The number of aryl methyl sites for hydroxylation is 1. The molecule has 0 aromatic heterocycles. The van der Waals surface area contributed by atoms with Crippen LogP contribution >= 0.6 is 0 Å². The summed E-state index contributed by atoms with van der Waals surface area (Å²) in [6, 6.07) is 11.9. The minimum atomic E-state index is -0.260. The number of carbonyl (C=O) groups excluding carboxylic acids is 1. The van der Waals surface area contributed by atoms with E-state index in [1.165, 1.54) is 5.56 Å². The van der Waals surface area contributed by atoms with Gasteiger partial charge in [-0.3, -0.25) is 4.79 Å². The summed E-state index contributed by atoms with van der Waals surface area (Å²) in [6.45, 7) is 8.03. The van der Waals surface area contributed by atoms with Gasteiger partial charge in [0.1, 0.15) is 11.5 Å². The summed E-state index contributed by atoms with van der Waals surface area (Å²) < 4.78 is 10.6. The van der Waals surface area contributed by atoms with Crippen LogP contribution in [0.15, 0.2) is 36.4 Å². The Morgan fingerprint density at radius 1 is 1.00 bits per heavy atom. The van der Waals surface area contributed by atoms with Gasteiger partial charge < -0.3 is 9.47 Å². The second-order valence-electron chi connectivity index (χ2n) is 6.33. The van der Waals surface area contributed by atoms with Crippen molar-refractivity contribution in [1.82, 2.24) is 0 Å². The highest BCUT2D eigenvalue weighted by Gasteiger charge is 2.32. The van der Waals surface area contributed by atoms with Gasteiger partial charge in [0, 0.05) is 11.0 Å². The van der Waals surface area contributed by atoms with E-state index in [1.54, 1.807) is 21.1 Å². The van der Waals surface area contributed by atoms with E-state index in [2.05, 4.69) is 26.8 Å². The van der Waals surface area contributed by atoms with Gasteiger partial charge in [-0.15, -0.1) is 0 Å². The van der Waals surface area contributed by atoms with Gasteiger partial charge in [-0.05, 0) is 61.2 Å². The Labute approximate surface area is 144 Å². The predicted octanol–water partition coefficient (Wildman–Crippen LogP) is 4.93. The third-order valence-electron chi connectivity index (χ3n) is 4.94. The number of ether oxygens (including phenoxy) is 2. The summed E-state index contributed by atoms with van der Waals surface area (Å²) in [5, 5.41) is 0. The van der Waals surface area contributed by atoms with Crippen molar-refractivity contribution in [2.75, 3.05) is 14.2 Å². The molecule has 0 fully saturated rings. The average Bonchev–Trinajstić information content (AvgIpc) is 2.60. The Hall–Kier alpha value is -2.29. The highest BCUT2D eigenvalue weighted by Crippen LogP contribution is 2.40. The van der Waals surface area contributed by atoms with Crippen molar-refractivity contribution in [2.24, 2.45) is 0 Å². The zero-order valence-corrected chi connectivity index (χ0v) is 15.4. The van der Waals surface area contributed by atoms with Crippen LogP contribution in [0.25, 0.3) is 0 Å². The molecule has 0 saturated carbocycles. The van der Waals surface area contributed by atoms with Crippen LogP contribution in [0.4, 0.5) is 0 Å². The highest BCUT2D eigenvalue weighted by atomic mass is 16.5. The lowest BCUT2D eigenvalue weighted by atomic mass is 9.70. The van der Waals surface area contributed by atoms with Gasteiger partial charge in [-0.2, -0.15) is 0 Å². The van der Waals surface area contributed by atoms with Crippen LogP contribution in [-0.4, -0.2) is 20.0 Å². The maximum atomic E-state index is 12.2. The molecule has 0 aliphatic carbocycles. The van der Waals surface area contributed by atoms with Crippen LogP contribution < -0.4 is 9.47 Å². The number of hydrogen-bond acceptors (Lipinski definition) is 3. The molecule has 0 spiro atoms. The SMILES string of the molecule is CCC(C)(c1ccc(OC)cc1C)c1ccc(OC)cc1C(C)=O. The van der Waals surface area contributed by atoms with E-state index < -0.39 is 0 Å². The number of methoxy groups -OCH3 is 2. The molecule has 0 bridgehead atoms. The number of rotatable bonds is 6. The molecule has 0 saturated heterocycles. The summed E-state index contributed by atoms with van der Waals surface area (Å²) in [6.07, 6.45) is 0.882. The molecule has 0 heterocycles. The molecule has 0 aliphatic rings. The van der Waals surface area contributed by atoms with Crippen molar-refractivity contribution >= 4 is 5.78 Å². The van der Waals surface area contributed by atoms with Gasteiger partial charge in [0.15, 0.2) is 5.78 Å². The second-order valence-corrected chi connectivity index (χ2v) is 6.33. The van der Waals surface area contributed by atoms with Crippen LogP contribution in [0.5, 0.6) is 11.5 Å². The fraction of sp³-hybridized carbons (Fsp3) is 0.381. The zero-order chi connectivity index (χ0) is 17.9. The molecule has 0 amide bonds. The maximum Gasteiger partial charge on any atom is 0.160 e. The lowest BCUT2D eigenvalue weighted by molar-refractivity contribution is 0.101. The van der Waals surface area contributed by atoms with E-state index in [0.29, 0.717) is 11.3 Å². The summed E-state index contributed by atoms with van der Waals surface area (Å²) in [5.41, 5.74) is 3.85. The molecule has 2 aromatic rings. The first-order chi connectivity index (χ1) is 11.4. The average molecular weight is 326 g/mol. The molecule has 1 unspecified atom stereocenters.